The summed E-state index contributed by atoms with van der Waals surface area (Å²) in [6.45, 7) is 9.09. The summed E-state index contributed by atoms with van der Waals surface area (Å²) in [5.41, 5.74) is -0.348. The minimum atomic E-state index is -0.348. The van der Waals surface area contributed by atoms with Gasteiger partial charge in [-0.1, -0.05) is 156 Å². The van der Waals surface area contributed by atoms with Crippen molar-refractivity contribution in [2.75, 3.05) is 13.2 Å². The molecule has 0 fully saturated rings. The molecule has 0 aliphatic rings. The third-order valence-corrected chi connectivity index (χ3v) is 7.22. The lowest BCUT2D eigenvalue weighted by Crippen LogP contribution is -2.28. The third kappa shape index (κ3) is 27.8. The quantitative estimate of drug-likeness (QED) is 0.0754. The van der Waals surface area contributed by atoms with Gasteiger partial charge in [0.15, 0.2) is 0 Å². The van der Waals surface area contributed by atoms with Crippen molar-refractivity contribution >= 4 is 11.9 Å². The molecule has 0 aromatic carbocycles. The van der Waals surface area contributed by atoms with Gasteiger partial charge in [-0.05, 0) is 12.8 Å². The van der Waals surface area contributed by atoms with Gasteiger partial charge in [-0.15, -0.1) is 0 Å². The molecule has 0 saturated carbocycles. The number of hydrogen-bond donors (Lipinski definition) is 0. The Morgan fingerprint density at radius 2 is 0.676 bits per heavy atom. The summed E-state index contributed by atoms with van der Waals surface area (Å²) in [7, 11) is 0. The predicted octanol–water partition coefficient (Wildman–Crippen LogP) is 10.5. The second-order valence-electron chi connectivity index (χ2n) is 12.1. The number of carbonyl (C=O) groups is 2. The molecule has 4 heteroatoms. The average molecular weight is 525 g/mol. The van der Waals surface area contributed by atoms with Crippen LogP contribution in [-0.2, 0) is 19.1 Å². The lowest BCUT2D eigenvalue weighted by Gasteiger charge is -2.23. The zero-order chi connectivity index (χ0) is 27.5. The second-order valence-corrected chi connectivity index (χ2v) is 12.1. The maximum Gasteiger partial charge on any atom is 0.305 e. The highest BCUT2D eigenvalue weighted by molar-refractivity contribution is 5.69. The topological polar surface area (TPSA) is 52.6 Å². The maximum atomic E-state index is 12.1. The molecule has 0 aromatic rings. The van der Waals surface area contributed by atoms with Gasteiger partial charge in [0, 0.05) is 18.3 Å². The molecular weight excluding hydrogens is 460 g/mol. The summed E-state index contributed by atoms with van der Waals surface area (Å²) in [6, 6.07) is 0. The highest BCUT2D eigenvalue weighted by atomic mass is 16.5. The Bertz CT molecular complexity index is 470. The van der Waals surface area contributed by atoms with Crippen molar-refractivity contribution in [1.82, 2.24) is 0 Å². The first-order chi connectivity index (χ1) is 17.9. The Labute approximate surface area is 231 Å². The summed E-state index contributed by atoms with van der Waals surface area (Å²) in [6.07, 6.45) is 29.0. The van der Waals surface area contributed by atoms with Crippen molar-refractivity contribution in [3.8, 4) is 0 Å². The Morgan fingerprint density at radius 3 is 0.946 bits per heavy atom. The minimum Gasteiger partial charge on any atom is -0.465 e. The normalized spacial score (nSPS) is 11.6. The summed E-state index contributed by atoms with van der Waals surface area (Å²) in [5, 5.41) is 0. The number of carbonyl (C=O) groups excluding carboxylic acids is 2. The first-order valence-corrected chi connectivity index (χ1v) is 16.2. The van der Waals surface area contributed by atoms with Crippen LogP contribution >= 0.6 is 0 Å². The fraction of sp³-hybridized carbons (Fsp3) is 0.939. The van der Waals surface area contributed by atoms with Crippen LogP contribution in [0.15, 0.2) is 0 Å². The summed E-state index contributed by atoms with van der Waals surface area (Å²) < 4.78 is 10.9. The number of esters is 2. The molecule has 0 aliphatic heterocycles. The summed E-state index contributed by atoms with van der Waals surface area (Å²) in [4.78, 5) is 24.2. The number of ether oxygens (including phenoxy) is 2. The lowest BCUT2D eigenvalue weighted by molar-refractivity contribution is -0.152. The van der Waals surface area contributed by atoms with Crippen molar-refractivity contribution in [2.24, 2.45) is 5.41 Å². The van der Waals surface area contributed by atoms with E-state index in [4.69, 9.17) is 9.47 Å². The lowest BCUT2D eigenvalue weighted by atomic mass is 9.96. The van der Waals surface area contributed by atoms with Crippen LogP contribution in [0.3, 0.4) is 0 Å². The molecule has 37 heavy (non-hydrogen) atoms. The number of rotatable bonds is 28. The van der Waals surface area contributed by atoms with Gasteiger partial charge in [-0.25, -0.2) is 0 Å². The zero-order valence-electron chi connectivity index (χ0n) is 25.5. The van der Waals surface area contributed by atoms with E-state index in [2.05, 4.69) is 13.8 Å². The SMILES string of the molecule is CCCCCCCCCCCCCC(=O)OCC(C)(C)COC(=O)CCCCCCCCCCCCC. The molecule has 0 saturated heterocycles. The number of hydrogen-bond acceptors (Lipinski definition) is 4. The van der Waals surface area contributed by atoms with E-state index in [1.165, 1.54) is 116 Å². The van der Waals surface area contributed by atoms with E-state index in [0.29, 0.717) is 26.1 Å². The van der Waals surface area contributed by atoms with E-state index in [1.54, 1.807) is 0 Å². The first-order valence-electron chi connectivity index (χ1n) is 16.2. The van der Waals surface area contributed by atoms with Gasteiger partial charge in [-0.2, -0.15) is 0 Å². The van der Waals surface area contributed by atoms with Gasteiger partial charge in [0.05, 0.1) is 13.2 Å². The van der Waals surface area contributed by atoms with Crippen LogP contribution in [0.4, 0.5) is 0 Å². The molecule has 220 valence electrons. The molecule has 0 radical (unpaired) electrons. The summed E-state index contributed by atoms with van der Waals surface area (Å²) >= 11 is 0. The van der Waals surface area contributed by atoms with E-state index in [9.17, 15) is 9.59 Å². The molecule has 0 bridgehead atoms. The third-order valence-electron chi connectivity index (χ3n) is 7.22. The van der Waals surface area contributed by atoms with Gasteiger partial charge in [0.1, 0.15) is 0 Å². The molecule has 4 nitrogen and oxygen atoms in total. The van der Waals surface area contributed by atoms with Gasteiger partial charge in [0.25, 0.3) is 0 Å². The first kappa shape index (κ1) is 35.9. The molecule has 0 atom stereocenters. The van der Waals surface area contributed by atoms with Gasteiger partial charge < -0.3 is 9.47 Å². The number of unbranched alkanes of at least 4 members (excludes halogenated alkanes) is 20. The van der Waals surface area contributed by atoms with E-state index >= 15 is 0 Å². The maximum absolute atomic E-state index is 12.1. The van der Waals surface area contributed by atoms with Crippen LogP contribution < -0.4 is 0 Å². The van der Waals surface area contributed by atoms with Gasteiger partial charge >= 0.3 is 11.9 Å². The van der Waals surface area contributed by atoms with Crippen molar-refractivity contribution in [3.05, 3.63) is 0 Å². The predicted molar refractivity (Wildman–Crippen MR) is 158 cm³/mol. The van der Waals surface area contributed by atoms with Crippen LogP contribution in [0.2, 0.25) is 0 Å². The van der Waals surface area contributed by atoms with Crippen molar-refractivity contribution in [1.29, 1.82) is 0 Å². The average Bonchev–Trinajstić information content (AvgIpc) is 2.88. The van der Waals surface area contributed by atoms with Crippen molar-refractivity contribution < 1.29 is 19.1 Å². The largest absolute Gasteiger partial charge is 0.465 e. The molecule has 0 rings (SSSR count). The zero-order valence-corrected chi connectivity index (χ0v) is 25.5. The van der Waals surface area contributed by atoms with Crippen molar-refractivity contribution in [2.45, 2.75) is 182 Å². The molecule has 0 amide bonds. The Kier molecular flexibility index (Phi) is 25.8. The molecule has 0 N–H and O–H groups in total. The molecule has 0 unspecified atom stereocenters. The van der Waals surface area contributed by atoms with Gasteiger partial charge in [0.2, 0.25) is 0 Å². The highest BCUT2D eigenvalue weighted by Gasteiger charge is 2.22. The van der Waals surface area contributed by atoms with E-state index in [0.717, 1.165) is 25.7 Å². The Morgan fingerprint density at radius 1 is 0.432 bits per heavy atom. The van der Waals surface area contributed by atoms with Crippen LogP contribution in [0.25, 0.3) is 0 Å². The van der Waals surface area contributed by atoms with Crippen LogP contribution in [0.1, 0.15) is 182 Å². The fourth-order valence-corrected chi connectivity index (χ4v) is 4.60. The van der Waals surface area contributed by atoms with Crippen LogP contribution in [-0.4, -0.2) is 25.2 Å². The van der Waals surface area contributed by atoms with Crippen LogP contribution in [0.5, 0.6) is 0 Å². The Hall–Kier alpha value is -1.06. The molecule has 0 heterocycles. The smallest absolute Gasteiger partial charge is 0.305 e. The standard InChI is InChI=1S/C33H64O4/c1-5-7-9-11-13-15-17-19-21-23-25-27-31(34)36-29-33(3,4)30-37-32(35)28-26-24-22-20-18-16-14-12-10-8-6-2/h5-30H2,1-4H3. The van der Waals surface area contributed by atoms with Crippen molar-refractivity contribution in [3.63, 3.8) is 0 Å². The van der Waals surface area contributed by atoms with Crippen LogP contribution in [0, 0.1) is 5.41 Å². The van der Waals surface area contributed by atoms with Gasteiger partial charge in [-0.3, -0.25) is 9.59 Å². The fourth-order valence-electron chi connectivity index (χ4n) is 4.60. The second kappa shape index (κ2) is 26.5. The van der Waals surface area contributed by atoms with E-state index in [1.807, 2.05) is 13.8 Å². The van der Waals surface area contributed by atoms with E-state index in [-0.39, 0.29) is 17.4 Å². The molecule has 0 aromatic heterocycles. The molecule has 0 spiro atoms. The highest BCUT2D eigenvalue weighted by Crippen LogP contribution is 2.18. The van der Waals surface area contributed by atoms with E-state index < -0.39 is 0 Å². The molecule has 0 aliphatic carbocycles. The summed E-state index contributed by atoms with van der Waals surface area (Å²) in [5.74, 6) is -0.257. The Balaban J connectivity index is 3.57. The molecular formula is C33H64O4. The minimum absolute atomic E-state index is 0.128. The monoisotopic (exact) mass is 524 g/mol.